The number of rotatable bonds is 7. The summed E-state index contributed by atoms with van der Waals surface area (Å²) in [7, 11) is 0. The topological polar surface area (TPSA) is 58.6 Å². The van der Waals surface area contributed by atoms with Gasteiger partial charge < -0.3 is 15.2 Å². The van der Waals surface area contributed by atoms with Crippen molar-refractivity contribution in [2.45, 2.75) is 18.9 Å². The van der Waals surface area contributed by atoms with Gasteiger partial charge in [0.15, 0.2) is 0 Å². The Kier molecular flexibility index (Phi) is 5.19. The first-order chi connectivity index (χ1) is 9.15. The number of hydrogen-bond donors (Lipinski definition) is 2. The Bertz CT molecular complexity index is 417. The molecule has 1 fully saturated rings. The first-order valence-electron chi connectivity index (χ1n) is 6.44. The van der Waals surface area contributed by atoms with E-state index < -0.39 is 6.10 Å². The van der Waals surface area contributed by atoms with E-state index in [1.165, 1.54) is 12.8 Å². The molecule has 0 aliphatic heterocycles. The fourth-order valence-electron chi connectivity index (χ4n) is 1.63. The first kappa shape index (κ1) is 14.3. The molecule has 1 aliphatic carbocycles. The SMILES string of the molecule is O=C(NCC(O)COCC1CC1)c1ccc(Cl)cc1. The molecule has 0 spiro atoms. The van der Waals surface area contributed by atoms with Crippen LogP contribution in [0.4, 0.5) is 0 Å². The van der Waals surface area contributed by atoms with E-state index in [2.05, 4.69) is 5.32 Å². The van der Waals surface area contributed by atoms with E-state index in [-0.39, 0.29) is 19.1 Å². The lowest BCUT2D eigenvalue weighted by atomic mass is 10.2. The molecule has 0 aromatic heterocycles. The van der Waals surface area contributed by atoms with Gasteiger partial charge in [-0.15, -0.1) is 0 Å². The molecule has 1 saturated carbocycles. The highest BCUT2D eigenvalue weighted by molar-refractivity contribution is 6.30. The van der Waals surface area contributed by atoms with Gasteiger partial charge in [-0.2, -0.15) is 0 Å². The molecule has 2 rings (SSSR count). The summed E-state index contributed by atoms with van der Waals surface area (Å²) in [4.78, 5) is 11.7. The highest BCUT2D eigenvalue weighted by Gasteiger charge is 2.21. The van der Waals surface area contributed by atoms with Gasteiger partial charge in [-0.05, 0) is 43.0 Å². The van der Waals surface area contributed by atoms with E-state index in [0.29, 0.717) is 23.1 Å². The standard InChI is InChI=1S/C14H18ClNO3/c15-12-5-3-11(4-6-12)14(18)16-7-13(17)9-19-8-10-1-2-10/h3-6,10,13,17H,1-2,7-9H2,(H,16,18). The van der Waals surface area contributed by atoms with Crippen molar-refractivity contribution in [3.05, 3.63) is 34.9 Å². The maximum absolute atomic E-state index is 11.7. The fourth-order valence-corrected chi connectivity index (χ4v) is 1.75. The molecule has 1 aliphatic rings. The lowest BCUT2D eigenvalue weighted by Gasteiger charge is -2.12. The minimum atomic E-state index is -0.671. The van der Waals surface area contributed by atoms with Crippen molar-refractivity contribution < 1.29 is 14.6 Å². The molecule has 1 aromatic carbocycles. The molecule has 104 valence electrons. The monoisotopic (exact) mass is 283 g/mol. The van der Waals surface area contributed by atoms with Crippen LogP contribution in [0.1, 0.15) is 23.2 Å². The zero-order valence-electron chi connectivity index (χ0n) is 10.6. The van der Waals surface area contributed by atoms with Crippen molar-refractivity contribution in [1.82, 2.24) is 5.32 Å². The van der Waals surface area contributed by atoms with Gasteiger partial charge in [0, 0.05) is 23.7 Å². The molecule has 19 heavy (non-hydrogen) atoms. The van der Waals surface area contributed by atoms with Crippen LogP contribution in [-0.4, -0.2) is 36.9 Å². The maximum Gasteiger partial charge on any atom is 0.251 e. The number of aliphatic hydroxyl groups excluding tert-OH is 1. The summed E-state index contributed by atoms with van der Waals surface area (Å²) < 4.78 is 5.35. The number of carbonyl (C=O) groups excluding carboxylic acids is 1. The smallest absolute Gasteiger partial charge is 0.251 e. The van der Waals surface area contributed by atoms with Crippen LogP contribution in [0.2, 0.25) is 5.02 Å². The van der Waals surface area contributed by atoms with E-state index >= 15 is 0 Å². The van der Waals surface area contributed by atoms with E-state index in [9.17, 15) is 9.90 Å². The Morgan fingerprint density at radius 1 is 1.42 bits per heavy atom. The average molecular weight is 284 g/mol. The highest BCUT2D eigenvalue weighted by atomic mass is 35.5. The summed E-state index contributed by atoms with van der Waals surface area (Å²) >= 11 is 5.74. The lowest BCUT2D eigenvalue weighted by Crippen LogP contribution is -2.34. The quantitative estimate of drug-likeness (QED) is 0.803. The van der Waals surface area contributed by atoms with Crippen LogP contribution >= 0.6 is 11.6 Å². The third-order valence-corrected chi connectivity index (χ3v) is 3.22. The molecule has 5 heteroatoms. The van der Waals surface area contributed by atoms with E-state index in [1.807, 2.05) is 0 Å². The van der Waals surface area contributed by atoms with Crippen LogP contribution < -0.4 is 5.32 Å². The molecular formula is C14H18ClNO3. The lowest BCUT2D eigenvalue weighted by molar-refractivity contribution is 0.0320. The molecule has 1 unspecified atom stereocenters. The molecule has 1 atom stereocenters. The minimum Gasteiger partial charge on any atom is -0.389 e. The number of ether oxygens (including phenoxy) is 1. The minimum absolute atomic E-state index is 0.187. The van der Waals surface area contributed by atoms with Crippen molar-refractivity contribution in [2.75, 3.05) is 19.8 Å². The zero-order valence-corrected chi connectivity index (χ0v) is 11.4. The Hall–Kier alpha value is -1.10. The maximum atomic E-state index is 11.7. The van der Waals surface area contributed by atoms with Crippen molar-refractivity contribution in [3.8, 4) is 0 Å². The fraction of sp³-hybridized carbons (Fsp3) is 0.500. The molecule has 1 amide bonds. The van der Waals surface area contributed by atoms with Crippen molar-refractivity contribution in [2.24, 2.45) is 5.92 Å². The summed E-state index contributed by atoms with van der Waals surface area (Å²) in [5.74, 6) is 0.453. The van der Waals surface area contributed by atoms with E-state index in [1.54, 1.807) is 24.3 Å². The summed E-state index contributed by atoms with van der Waals surface area (Å²) in [6.07, 6.45) is 1.78. The molecule has 0 bridgehead atoms. The van der Waals surface area contributed by atoms with Gasteiger partial charge in [-0.3, -0.25) is 4.79 Å². The van der Waals surface area contributed by atoms with Crippen LogP contribution in [0.25, 0.3) is 0 Å². The van der Waals surface area contributed by atoms with Gasteiger partial charge >= 0.3 is 0 Å². The predicted molar refractivity (Wildman–Crippen MR) is 73.3 cm³/mol. The number of hydrogen-bond acceptors (Lipinski definition) is 3. The third kappa shape index (κ3) is 5.19. The zero-order chi connectivity index (χ0) is 13.7. The van der Waals surface area contributed by atoms with Crippen LogP contribution in [-0.2, 0) is 4.74 Å². The van der Waals surface area contributed by atoms with Crippen LogP contribution in [0.5, 0.6) is 0 Å². The molecule has 0 heterocycles. The van der Waals surface area contributed by atoms with Gasteiger partial charge in [0.1, 0.15) is 0 Å². The molecule has 2 N–H and O–H groups in total. The molecule has 0 saturated heterocycles. The number of carbonyl (C=O) groups is 1. The van der Waals surface area contributed by atoms with Gasteiger partial charge in [-0.25, -0.2) is 0 Å². The molecule has 1 aromatic rings. The third-order valence-electron chi connectivity index (χ3n) is 2.97. The van der Waals surface area contributed by atoms with Crippen molar-refractivity contribution in [3.63, 3.8) is 0 Å². The predicted octanol–water partition coefficient (Wildman–Crippen LogP) is 1.86. The Morgan fingerprint density at radius 3 is 2.74 bits per heavy atom. The van der Waals surface area contributed by atoms with Crippen LogP contribution in [0.3, 0.4) is 0 Å². The number of amides is 1. The Morgan fingerprint density at radius 2 is 2.11 bits per heavy atom. The van der Waals surface area contributed by atoms with E-state index in [0.717, 1.165) is 0 Å². The van der Waals surface area contributed by atoms with Gasteiger partial charge in [0.25, 0.3) is 5.91 Å². The number of benzene rings is 1. The van der Waals surface area contributed by atoms with Gasteiger partial charge in [-0.1, -0.05) is 11.6 Å². The Labute approximate surface area is 117 Å². The number of nitrogens with one attached hydrogen (secondary N) is 1. The highest BCUT2D eigenvalue weighted by Crippen LogP contribution is 2.28. The van der Waals surface area contributed by atoms with Gasteiger partial charge in [0.2, 0.25) is 0 Å². The Balaban J connectivity index is 1.65. The van der Waals surface area contributed by atoms with Crippen LogP contribution in [0.15, 0.2) is 24.3 Å². The largest absolute Gasteiger partial charge is 0.389 e. The molecule has 0 radical (unpaired) electrons. The van der Waals surface area contributed by atoms with E-state index in [4.69, 9.17) is 16.3 Å². The second kappa shape index (κ2) is 6.89. The number of aliphatic hydroxyl groups is 1. The summed E-state index contributed by atoms with van der Waals surface area (Å²) in [6, 6.07) is 6.61. The van der Waals surface area contributed by atoms with Gasteiger partial charge in [0.05, 0.1) is 12.7 Å². The average Bonchev–Trinajstić information content (AvgIpc) is 3.21. The summed E-state index contributed by atoms with van der Waals surface area (Å²) in [6.45, 7) is 1.16. The summed E-state index contributed by atoms with van der Waals surface area (Å²) in [5, 5.41) is 12.9. The first-order valence-corrected chi connectivity index (χ1v) is 6.82. The second-order valence-corrected chi connectivity index (χ2v) is 5.29. The van der Waals surface area contributed by atoms with Crippen molar-refractivity contribution >= 4 is 17.5 Å². The van der Waals surface area contributed by atoms with Crippen molar-refractivity contribution in [1.29, 1.82) is 0 Å². The normalized spacial score (nSPS) is 16.1. The number of halogens is 1. The van der Waals surface area contributed by atoms with Crippen LogP contribution in [0, 0.1) is 5.92 Å². The summed E-state index contributed by atoms with van der Waals surface area (Å²) in [5.41, 5.74) is 0.524. The molecular weight excluding hydrogens is 266 g/mol. The second-order valence-electron chi connectivity index (χ2n) is 4.85. The molecule has 4 nitrogen and oxygen atoms in total.